The van der Waals surface area contributed by atoms with Crippen LogP contribution in [0.4, 0.5) is 0 Å². The molecule has 4 heteroatoms. The molecule has 0 amide bonds. The molecule has 24 heavy (non-hydrogen) atoms. The summed E-state index contributed by atoms with van der Waals surface area (Å²) in [7, 11) is 0. The lowest BCUT2D eigenvalue weighted by atomic mass is 10.00. The molecule has 0 fully saturated rings. The summed E-state index contributed by atoms with van der Waals surface area (Å²) in [4.78, 5) is 17.7. The summed E-state index contributed by atoms with van der Waals surface area (Å²) in [5, 5.41) is 1.13. The number of rotatable bonds is 2. The molecule has 0 N–H and O–H groups in total. The van der Waals surface area contributed by atoms with Crippen LogP contribution >= 0.6 is 0 Å². The lowest BCUT2D eigenvalue weighted by molar-refractivity contribution is 0.928. The summed E-state index contributed by atoms with van der Waals surface area (Å²) in [6.07, 6.45) is 1.83. The van der Waals surface area contributed by atoms with E-state index in [4.69, 9.17) is 0 Å². The predicted octanol–water partition coefficient (Wildman–Crippen LogP) is 4.37. The van der Waals surface area contributed by atoms with Gasteiger partial charge < -0.3 is 0 Å². The molecule has 0 saturated carbocycles. The molecule has 0 bridgehead atoms. The third-order valence-corrected chi connectivity index (χ3v) is 3.92. The van der Waals surface area contributed by atoms with Gasteiger partial charge in [-0.25, -0.2) is 15.0 Å². The first kappa shape index (κ1) is 14.5. The summed E-state index contributed by atoms with van der Waals surface area (Å²) in [5.41, 5.74) is 4.19. The van der Waals surface area contributed by atoms with Gasteiger partial charge in [0, 0.05) is 22.7 Å². The van der Waals surface area contributed by atoms with E-state index in [9.17, 15) is 0 Å². The quantitative estimate of drug-likeness (QED) is 0.551. The van der Waals surface area contributed by atoms with Gasteiger partial charge in [-0.1, -0.05) is 42.5 Å². The molecule has 0 aliphatic rings. The first-order chi connectivity index (χ1) is 11.7. The molecule has 2 aromatic heterocycles. The zero-order chi connectivity index (χ0) is 16.5. The molecule has 0 radical (unpaired) electrons. The third kappa shape index (κ3) is 2.63. The van der Waals surface area contributed by atoms with Gasteiger partial charge in [0.15, 0.2) is 5.82 Å². The van der Waals surface area contributed by atoms with E-state index >= 15 is 0 Å². The first-order valence-electron chi connectivity index (χ1n) is 7.84. The van der Waals surface area contributed by atoms with Crippen molar-refractivity contribution in [1.82, 2.24) is 19.9 Å². The normalized spacial score (nSPS) is 10.9. The van der Waals surface area contributed by atoms with Crippen LogP contribution in [-0.2, 0) is 0 Å². The van der Waals surface area contributed by atoms with Crippen molar-refractivity contribution in [3.05, 3.63) is 72.4 Å². The summed E-state index contributed by atoms with van der Waals surface area (Å²) in [6.45, 7) is 3.77. The second kappa shape index (κ2) is 5.81. The number of hydrogen-bond acceptors (Lipinski definition) is 4. The van der Waals surface area contributed by atoms with Gasteiger partial charge in [-0.2, -0.15) is 0 Å². The van der Waals surface area contributed by atoms with Gasteiger partial charge in [0.2, 0.25) is 0 Å². The summed E-state index contributed by atoms with van der Waals surface area (Å²) in [6, 6.07) is 18.5. The largest absolute Gasteiger partial charge is 0.256 e. The molecular formula is C20H16N4. The fourth-order valence-corrected chi connectivity index (χ4v) is 2.91. The minimum atomic E-state index is 0.704. The Hall–Kier alpha value is -3.14. The predicted molar refractivity (Wildman–Crippen MR) is 95.5 cm³/mol. The highest BCUT2D eigenvalue weighted by Gasteiger charge is 2.08. The number of para-hydroxylation sites is 1. The van der Waals surface area contributed by atoms with Crippen molar-refractivity contribution < 1.29 is 0 Å². The minimum absolute atomic E-state index is 0.704. The molecule has 4 rings (SSSR count). The Morgan fingerprint density at radius 1 is 0.708 bits per heavy atom. The number of aromatic nitrogens is 4. The van der Waals surface area contributed by atoms with Gasteiger partial charge in [-0.15, -0.1) is 0 Å². The highest BCUT2D eigenvalue weighted by molar-refractivity contribution is 5.94. The van der Waals surface area contributed by atoms with Crippen LogP contribution in [-0.4, -0.2) is 19.9 Å². The van der Waals surface area contributed by atoms with E-state index in [-0.39, 0.29) is 0 Å². The Kier molecular flexibility index (Phi) is 3.50. The molecule has 2 heterocycles. The van der Waals surface area contributed by atoms with Crippen LogP contribution in [0.3, 0.4) is 0 Å². The van der Waals surface area contributed by atoms with Crippen LogP contribution < -0.4 is 0 Å². The van der Waals surface area contributed by atoms with E-state index in [2.05, 4.69) is 56.3 Å². The van der Waals surface area contributed by atoms with Crippen LogP contribution in [0.25, 0.3) is 33.4 Å². The van der Waals surface area contributed by atoms with Crippen LogP contribution in [0.1, 0.15) is 11.6 Å². The molecule has 0 aliphatic carbocycles. The molecule has 0 spiro atoms. The Bertz CT molecular complexity index is 1010. The molecule has 0 unspecified atom stereocenters. The fourth-order valence-electron chi connectivity index (χ4n) is 2.91. The number of hydrogen-bond donors (Lipinski definition) is 0. The van der Waals surface area contributed by atoms with Crippen molar-refractivity contribution in [2.45, 2.75) is 13.8 Å². The SMILES string of the molecule is Cc1nc(C)nc(-c2cccc(-c3cccc4cccnc34)c2)n1. The van der Waals surface area contributed by atoms with Crippen molar-refractivity contribution in [3.8, 4) is 22.5 Å². The van der Waals surface area contributed by atoms with Crippen LogP contribution in [0.15, 0.2) is 60.8 Å². The zero-order valence-corrected chi connectivity index (χ0v) is 13.6. The second-order valence-corrected chi connectivity index (χ2v) is 5.71. The minimum Gasteiger partial charge on any atom is -0.256 e. The van der Waals surface area contributed by atoms with Crippen molar-refractivity contribution in [3.63, 3.8) is 0 Å². The van der Waals surface area contributed by atoms with Crippen molar-refractivity contribution >= 4 is 10.9 Å². The number of pyridine rings is 1. The smallest absolute Gasteiger partial charge is 0.163 e. The van der Waals surface area contributed by atoms with E-state index in [0.29, 0.717) is 5.82 Å². The standard InChI is InChI=1S/C20H16N4/c1-13-22-14(2)24-20(23-13)17-8-3-7-16(12-17)18-10-4-6-15-9-5-11-21-19(15)18/h3-12H,1-2H3. The highest BCUT2D eigenvalue weighted by Crippen LogP contribution is 2.29. The van der Waals surface area contributed by atoms with Gasteiger partial charge in [0.25, 0.3) is 0 Å². The third-order valence-electron chi connectivity index (χ3n) is 3.92. The monoisotopic (exact) mass is 312 g/mol. The Labute approximate surface area is 140 Å². The Balaban J connectivity index is 1.88. The molecule has 0 saturated heterocycles. The number of nitrogens with zero attached hydrogens (tertiary/aromatic N) is 4. The number of fused-ring (bicyclic) bond motifs is 1. The molecular weight excluding hydrogens is 296 g/mol. The molecule has 0 aliphatic heterocycles. The van der Waals surface area contributed by atoms with Gasteiger partial charge in [0.1, 0.15) is 11.6 Å². The average Bonchev–Trinajstić information content (AvgIpc) is 2.60. The first-order valence-corrected chi connectivity index (χ1v) is 7.84. The number of aryl methyl sites for hydroxylation is 2. The van der Waals surface area contributed by atoms with E-state index in [1.807, 2.05) is 38.2 Å². The maximum Gasteiger partial charge on any atom is 0.163 e. The molecule has 116 valence electrons. The summed E-state index contributed by atoms with van der Waals surface area (Å²) >= 11 is 0. The van der Waals surface area contributed by atoms with E-state index in [0.717, 1.165) is 39.2 Å². The molecule has 4 nitrogen and oxygen atoms in total. The van der Waals surface area contributed by atoms with Crippen LogP contribution in [0, 0.1) is 13.8 Å². The number of benzene rings is 2. The lowest BCUT2D eigenvalue weighted by Gasteiger charge is -2.08. The maximum atomic E-state index is 4.55. The lowest BCUT2D eigenvalue weighted by Crippen LogP contribution is -1.98. The van der Waals surface area contributed by atoms with Gasteiger partial charge in [-0.3, -0.25) is 4.98 Å². The van der Waals surface area contributed by atoms with E-state index < -0.39 is 0 Å². The van der Waals surface area contributed by atoms with Gasteiger partial charge >= 0.3 is 0 Å². The van der Waals surface area contributed by atoms with Gasteiger partial charge in [0.05, 0.1) is 5.52 Å². The topological polar surface area (TPSA) is 51.6 Å². The maximum absolute atomic E-state index is 4.55. The van der Waals surface area contributed by atoms with Gasteiger partial charge in [-0.05, 0) is 31.5 Å². The van der Waals surface area contributed by atoms with Crippen molar-refractivity contribution in [1.29, 1.82) is 0 Å². The van der Waals surface area contributed by atoms with Crippen molar-refractivity contribution in [2.75, 3.05) is 0 Å². The fraction of sp³-hybridized carbons (Fsp3) is 0.100. The Morgan fingerprint density at radius 3 is 2.25 bits per heavy atom. The van der Waals surface area contributed by atoms with Crippen LogP contribution in [0.2, 0.25) is 0 Å². The molecule has 4 aromatic rings. The average molecular weight is 312 g/mol. The van der Waals surface area contributed by atoms with E-state index in [1.54, 1.807) is 0 Å². The summed E-state index contributed by atoms with van der Waals surface area (Å²) < 4.78 is 0. The second-order valence-electron chi connectivity index (χ2n) is 5.71. The Morgan fingerprint density at radius 2 is 1.42 bits per heavy atom. The molecule has 2 aromatic carbocycles. The van der Waals surface area contributed by atoms with Crippen LogP contribution in [0.5, 0.6) is 0 Å². The van der Waals surface area contributed by atoms with E-state index in [1.165, 1.54) is 0 Å². The summed E-state index contributed by atoms with van der Waals surface area (Å²) in [5.74, 6) is 2.17. The highest BCUT2D eigenvalue weighted by atomic mass is 15.0. The zero-order valence-electron chi connectivity index (χ0n) is 13.6. The van der Waals surface area contributed by atoms with Crippen molar-refractivity contribution in [2.24, 2.45) is 0 Å². The molecule has 0 atom stereocenters.